The van der Waals surface area contributed by atoms with E-state index in [1.807, 2.05) is 0 Å². The molecule has 2 fully saturated rings. The molecule has 236 valence electrons. The second-order valence-corrected chi connectivity index (χ2v) is 18.8. The third-order valence-electron chi connectivity index (χ3n) is 10.9. The van der Waals surface area contributed by atoms with Crippen LogP contribution in [0.5, 0.6) is 0 Å². The fourth-order valence-corrected chi connectivity index (χ4v) is 14.9. The molecule has 0 radical (unpaired) electrons. The number of hydrogen-bond donors (Lipinski definition) is 0. The van der Waals surface area contributed by atoms with Crippen molar-refractivity contribution in [1.29, 1.82) is 0 Å². The van der Waals surface area contributed by atoms with Crippen LogP contribution in [0.1, 0.15) is 69.8 Å². The highest BCUT2D eigenvalue weighted by Crippen LogP contribution is 2.59. The average Bonchev–Trinajstić information content (AvgIpc) is 3.15. The topological polar surface area (TPSA) is 0 Å². The first kappa shape index (κ1) is 31.0. The number of rotatable bonds is 8. The van der Waals surface area contributed by atoms with E-state index in [-0.39, 0.29) is 7.92 Å². The van der Waals surface area contributed by atoms with E-state index in [9.17, 15) is 0 Å². The zero-order chi connectivity index (χ0) is 31.4. The maximum absolute atomic E-state index is 2.55. The number of hydrogen-bond acceptors (Lipinski definition) is 0. The van der Waals surface area contributed by atoms with Crippen LogP contribution < -0.4 is 15.9 Å². The monoisotopic (exact) mass is 648 g/mol. The van der Waals surface area contributed by atoms with Crippen molar-refractivity contribution in [2.75, 3.05) is 0 Å². The van der Waals surface area contributed by atoms with Crippen molar-refractivity contribution >= 4 is 53.3 Å². The van der Waals surface area contributed by atoms with Crippen molar-refractivity contribution in [2.24, 2.45) is 0 Å². The quantitative estimate of drug-likeness (QED) is 0.144. The average molecular weight is 649 g/mol. The Kier molecular flexibility index (Phi) is 9.53. The highest BCUT2D eigenvalue weighted by atomic mass is 31.1. The van der Waals surface area contributed by atoms with Gasteiger partial charge in [-0.15, -0.1) is 0 Å². The molecule has 0 unspecified atom stereocenters. The molecular formula is C45H46P2. The van der Waals surface area contributed by atoms with E-state index in [4.69, 9.17) is 0 Å². The highest BCUT2D eigenvalue weighted by molar-refractivity contribution is 7.80. The van der Waals surface area contributed by atoms with Gasteiger partial charge in [-0.1, -0.05) is 180 Å². The third kappa shape index (κ3) is 6.45. The Hall–Kier alpha value is -3.30. The summed E-state index contributed by atoms with van der Waals surface area (Å²) >= 11 is 0. The van der Waals surface area contributed by atoms with Crippen molar-refractivity contribution in [3.05, 3.63) is 139 Å². The van der Waals surface area contributed by atoms with Crippen LogP contribution in [0, 0.1) is 0 Å². The number of fused-ring (bicyclic) bond motifs is 2. The molecule has 0 atom stereocenters. The third-order valence-corrected chi connectivity index (χ3v) is 17.0. The molecule has 2 aliphatic carbocycles. The van der Waals surface area contributed by atoms with Gasteiger partial charge >= 0.3 is 0 Å². The van der Waals surface area contributed by atoms with E-state index in [2.05, 4.69) is 133 Å². The van der Waals surface area contributed by atoms with Crippen LogP contribution in [-0.4, -0.2) is 11.3 Å². The van der Waals surface area contributed by atoms with Gasteiger partial charge < -0.3 is 0 Å². The minimum absolute atomic E-state index is 0.0858. The smallest absolute Gasteiger partial charge is 0.00126 e. The summed E-state index contributed by atoms with van der Waals surface area (Å²) in [5.41, 5.74) is 6.43. The molecule has 8 rings (SSSR count). The standard InChI is InChI=1S/C45H46P2/c1-5-19-37(20-6-1)46(38-21-7-2-8-22-38)33-36-30-29-34-17-13-15-27-41(34)44(36)45-42-28-16-14-18-35(42)31-32-43(45)47(39-23-9-3-10-24-39)40-25-11-4-12-26-40/h3-4,9-18,23-32,37-38H,1-2,5-8,19-22,33H2. The van der Waals surface area contributed by atoms with Gasteiger partial charge in [0.05, 0.1) is 0 Å². The zero-order valence-electron chi connectivity index (χ0n) is 27.5. The minimum Gasteiger partial charge on any atom is -0.0958 e. The maximum Gasteiger partial charge on any atom is -0.00126 e. The normalized spacial score (nSPS) is 16.4. The van der Waals surface area contributed by atoms with E-state index in [0.717, 1.165) is 11.3 Å². The molecule has 0 aromatic heterocycles. The van der Waals surface area contributed by atoms with Crippen molar-refractivity contribution < 1.29 is 0 Å². The Balaban J connectivity index is 1.39. The second kappa shape index (κ2) is 14.4. The van der Waals surface area contributed by atoms with Crippen LogP contribution in [0.4, 0.5) is 0 Å². The van der Waals surface area contributed by atoms with Crippen molar-refractivity contribution in [1.82, 2.24) is 0 Å². The first-order valence-corrected chi connectivity index (χ1v) is 21.0. The van der Waals surface area contributed by atoms with Crippen LogP contribution in [0.2, 0.25) is 0 Å². The van der Waals surface area contributed by atoms with Crippen molar-refractivity contribution in [3.63, 3.8) is 0 Å². The van der Waals surface area contributed by atoms with Crippen LogP contribution in [0.25, 0.3) is 32.7 Å². The fraction of sp³-hybridized carbons (Fsp3) is 0.289. The largest absolute Gasteiger partial charge is 0.0958 e. The predicted octanol–water partition coefficient (Wildman–Crippen LogP) is 12.1. The highest BCUT2D eigenvalue weighted by Gasteiger charge is 2.33. The molecule has 6 aromatic rings. The predicted molar refractivity (Wildman–Crippen MR) is 210 cm³/mol. The molecule has 2 heteroatoms. The van der Waals surface area contributed by atoms with Gasteiger partial charge in [0.15, 0.2) is 0 Å². The molecule has 0 heterocycles. The maximum atomic E-state index is 2.55. The minimum atomic E-state index is -0.771. The fourth-order valence-electron chi connectivity index (χ4n) is 8.61. The van der Waals surface area contributed by atoms with Gasteiger partial charge in [0.25, 0.3) is 0 Å². The summed E-state index contributed by atoms with van der Waals surface area (Å²) in [6.45, 7) is 0. The molecule has 0 aliphatic heterocycles. The van der Waals surface area contributed by atoms with Gasteiger partial charge in [-0.2, -0.15) is 0 Å². The molecule has 0 bridgehead atoms. The summed E-state index contributed by atoms with van der Waals surface area (Å²) in [6, 6.07) is 50.9. The summed E-state index contributed by atoms with van der Waals surface area (Å²) < 4.78 is 0. The van der Waals surface area contributed by atoms with Gasteiger partial charge in [-0.05, 0) is 105 Å². The van der Waals surface area contributed by atoms with Crippen LogP contribution >= 0.6 is 15.8 Å². The van der Waals surface area contributed by atoms with Crippen LogP contribution in [0.3, 0.4) is 0 Å². The Morgan fingerprint density at radius 2 is 0.894 bits per heavy atom. The van der Waals surface area contributed by atoms with E-state index in [1.165, 1.54) is 119 Å². The van der Waals surface area contributed by atoms with Gasteiger partial charge in [-0.25, -0.2) is 0 Å². The molecule has 2 aliphatic rings. The molecule has 47 heavy (non-hydrogen) atoms. The van der Waals surface area contributed by atoms with Gasteiger partial charge in [-0.3, -0.25) is 0 Å². The lowest BCUT2D eigenvalue weighted by molar-refractivity contribution is 0.484. The molecule has 0 N–H and O–H groups in total. The molecule has 0 amide bonds. The summed E-state index contributed by atoms with van der Waals surface area (Å²) in [5, 5.41) is 9.81. The lowest BCUT2D eigenvalue weighted by Crippen LogP contribution is -2.23. The first-order valence-electron chi connectivity index (χ1n) is 18.0. The lowest BCUT2D eigenvalue weighted by atomic mass is 9.90. The summed E-state index contributed by atoms with van der Waals surface area (Å²) in [4.78, 5) is 0. The first-order chi connectivity index (χ1) is 23.3. The van der Waals surface area contributed by atoms with Crippen LogP contribution in [0.15, 0.2) is 133 Å². The molecular weight excluding hydrogens is 602 g/mol. The summed E-state index contributed by atoms with van der Waals surface area (Å²) in [7, 11) is -0.856. The molecule has 0 saturated heterocycles. The Bertz CT molecular complexity index is 1880. The Morgan fingerprint density at radius 3 is 1.45 bits per heavy atom. The van der Waals surface area contributed by atoms with E-state index >= 15 is 0 Å². The molecule has 0 nitrogen and oxygen atoms in total. The number of benzene rings is 6. The van der Waals surface area contributed by atoms with Gasteiger partial charge in [0, 0.05) is 0 Å². The molecule has 0 spiro atoms. The van der Waals surface area contributed by atoms with Gasteiger partial charge in [0.2, 0.25) is 0 Å². The SMILES string of the molecule is c1ccc(P(c2ccccc2)c2ccc3ccccc3c2-c2c(CP(C3CCCCC3)C3CCCCC3)ccc3ccccc23)cc1. The van der Waals surface area contributed by atoms with E-state index in [1.54, 1.807) is 5.56 Å². The van der Waals surface area contributed by atoms with Crippen molar-refractivity contribution in [2.45, 2.75) is 81.7 Å². The lowest BCUT2D eigenvalue weighted by Gasteiger charge is -2.39. The van der Waals surface area contributed by atoms with Crippen molar-refractivity contribution in [3.8, 4) is 11.1 Å². The summed E-state index contributed by atoms with van der Waals surface area (Å²) in [6.07, 6.45) is 15.7. The Morgan fingerprint density at radius 1 is 0.426 bits per heavy atom. The molecule has 2 saturated carbocycles. The Labute approximate surface area is 284 Å². The van der Waals surface area contributed by atoms with E-state index in [0.29, 0.717) is 0 Å². The zero-order valence-corrected chi connectivity index (χ0v) is 29.3. The molecule has 6 aromatic carbocycles. The van der Waals surface area contributed by atoms with E-state index < -0.39 is 7.92 Å². The van der Waals surface area contributed by atoms with Gasteiger partial charge in [0.1, 0.15) is 0 Å². The summed E-state index contributed by atoms with van der Waals surface area (Å²) in [5.74, 6) is 0. The second-order valence-electron chi connectivity index (χ2n) is 13.8. The van der Waals surface area contributed by atoms with Crippen LogP contribution in [-0.2, 0) is 6.16 Å².